The number of H-pyrrole nitrogens is 1. The minimum absolute atomic E-state index is 0.258. The SMILES string of the molecule is COCCn1c(-c2cnc(-c3ccc(Cl)cc3)[nH]2)nc2cc(C(F)(F)F)ccc21. The first-order valence-electron chi connectivity index (χ1n) is 8.74. The van der Waals surface area contributed by atoms with Crippen molar-refractivity contribution in [2.75, 3.05) is 13.7 Å². The fourth-order valence-corrected chi connectivity index (χ4v) is 3.24. The lowest BCUT2D eigenvalue weighted by Gasteiger charge is -2.08. The molecule has 2 aromatic carbocycles. The number of alkyl halides is 3. The van der Waals surface area contributed by atoms with Crippen molar-refractivity contribution in [3.05, 3.63) is 59.2 Å². The van der Waals surface area contributed by atoms with Gasteiger partial charge in [0.2, 0.25) is 0 Å². The van der Waals surface area contributed by atoms with Crippen molar-refractivity contribution in [2.24, 2.45) is 0 Å². The second-order valence-electron chi connectivity index (χ2n) is 6.43. The molecule has 0 fully saturated rings. The lowest BCUT2D eigenvalue weighted by atomic mass is 10.2. The van der Waals surface area contributed by atoms with Crippen LogP contribution in [0.25, 0.3) is 33.9 Å². The van der Waals surface area contributed by atoms with Crippen molar-refractivity contribution >= 4 is 22.6 Å². The van der Waals surface area contributed by atoms with E-state index in [1.807, 2.05) is 16.7 Å². The van der Waals surface area contributed by atoms with Gasteiger partial charge in [-0.3, -0.25) is 0 Å². The maximum absolute atomic E-state index is 13.1. The number of benzene rings is 2. The molecule has 150 valence electrons. The largest absolute Gasteiger partial charge is 0.416 e. The van der Waals surface area contributed by atoms with Gasteiger partial charge >= 0.3 is 6.18 Å². The predicted molar refractivity (Wildman–Crippen MR) is 105 cm³/mol. The van der Waals surface area contributed by atoms with Gasteiger partial charge in [0.25, 0.3) is 0 Å². The number of imidazole rings is 2. The van der Waals surface area contributed by atoms with E-state index >= 15 is 0 Å². The molecule has 2 heterocycles. The maximum Gasteiger partial charge on any atom is 0.416 e. The standard InChI is InChI=1S/C20H16ClF3N4O/c1-29-9-8-28-17-7-4-13(20(22,23)24)10-15(17)27-19(28)16-11-25-18(26-16)12-2-5-14(21)6-3-12/h2-7,10-11H,8-9H2,1H3,(H,25,26). The summed E-state index contributed by atoms with van der Waals surface area (Å²) in [5.41, 5.74) is 1.54. The Morgan fingerprint density at radius 2 is 1.90 bits per heavy atom. The zero-order valence-electron chi connectivity index (χ0n) is 15.3. The van der Waals surface area contributed by atoms with Gasteiger partial charge < -0.3 is 14.3 Å². The fourth-order valence-electron chi connectivity index (χ4n) is 3.11. The van der Waals surface area contributed by atoms with Gasteiger partial charge in [-0.25, -0.2) is 9.97 Å². The van der Waals surface area contributed by atoms with Crippen molar-refractivity contribution in [3.63, 3.8) is 0 Å². The number of halogens is 4. The Kier molecular flexibility index (Phi) is 5.06. The third-order valence-corrected chi connectivity index (χ3v) is 4.78. The highest BCUT2D eigenvalue weighted by Gasteiger charge is 2.31. The number of nitrogens with zero attached hydrogens (tertiary/aromatic N) is 3. The van der Waals surface area contributed by atoms with Crippen LogP contribution in [0.15, 0.2) is 48.7 Å². The zero-order chi connectivity index (χ0) is 20.6. The number of nitrogens with one attached hydrogen (secondary N) is 1. The smallest absolute Gasteiger partial charge is 0.383 e. The molecular formula is C20H16ClF3N4O. The third-order valence-electron chi connectivity index (χ3n) is 4.53. The normalized spacial score (nSPS) is 12.0. The van der Waals surface area contributed by atoms with Gasteiger partial charge in [-0.15, -0.1) is 0 Å². The quantitative estimate of drug-likeness (QED) is 0.469. The Labute approximate surface area is 169 Å². The van der Waals surface area contributed by atoms with Crippen LogP contribution in [0.2, 0.25) is 5.02 Å². The van der Waals surface area contributed by atoms with E-state index in [4.69, 9.17) is 16.3 Å². The molecule has 0 amide bonds. The van der Waals surface area contributed by atoms with E-state index in [0.29, 0.717) is 41.0 Å². The number of methoxy groups -OCH3 is 1. The van der Waals surface area contributed by atoms with E-state index in [2.05, 4.69) is 15.0 Å². The summed E-state index contributed by atoms with van der Waals surface area (Å²) in [7, 11) is 1.56. The lowest BCUT2D eigenvalue weighted by Crippen LogP contribution is -2.07. The van der Waals surface area contributed by atoms with Crippen LogP contribution in [0.4, 0.5) is 13.2 Å². The molecule has 4 rings (SSSR count). The topological polar surface area (TPSA) is 55.7 Å². The van der Waals surface area contributed by atoms with E-state index in [1.165, 1.54) is 6.07 Å². The number of fused-ring (bicyclic) bond motifs is 1. The predicted octanol–water partition coefficient (Wildman–Crippen LogP) is 5.41. The second-order valence-corrected chi connectivity index (χ2v) is 6.87. The first kappa shape index (κ1) is 19.5. The zero-order valence-corrected chi connectivity index (χ0v) is 16.1. The number of aromatic amines is 1. The van der Waals surface area contributed by atoms with Gasteiger partial charge in [-0.1, -0.05) is 11.6 Å². The number of hydrogen-bond donors (Lipinski definition) is 1. The van der Waals surface area contributed by atoms with Crippen molar-refractivity contribution in [1.82, 2.24) is 19.5 Å². The van der Waals surface area contributed by atoms with Crippen molar-refractivity contribution < 1.29 is 17.9 Å². The van der Waals surface area contributed by atoms with Gasteiger partial charge in [0.15, 0.2) is 5.82 Å². The van der Waals surface area contributed by atoms with Crippen LogP contribution in [0, 0.1) is 0 Å². The number of aromatic nitrogens is 4. The number of rotatable bonds is 5. The van der Waals surface area contributed by atoms with Gasteiger partial charge in [0, 0.05) is 24.2 Å². The van der Waals surface area contributed by atoms with Crippen LogP contribution < -0.4 is 0 Å². The third kappa shape index (κ3) is 3.86. The fraction of sp³-hybridized carbons (Fsp3) is 0.200. The first-order chi connectivity index (χ1) is 13.9. The summed E-state index contributed by atoms with van der Waals surface area (Å²) < 4.78 is 46.2. The minimum Gasteiger partial charge on any atom is -0.383 e. The highest BCUT2D eigenvalue weighted by Crippen LogP contribution is 2.33. The van der Waals surface area contributed by atoms with Crippen LogP contribution in [-0.2, 0) is 17.5 Å². The van der Waals surface area contributed by atoms with E-state index in [1.54, 1.807) is 25.4 Å². The summed E-state index contributed by atoms with van der Waals surface area (Å²) in [5.74, 6) is 1.10. The first-order valence-corrected chi connectivity index (χ1v) is 9.12. The van der Waals surface area contributed by atoms with Gasteiger partial charge in [-0.2, -0.15) is 13.2 Å². The van der Waals surface area contributed by atoms with E-state index < -0.39 is 11.7 Å². The van der Waals surface area contributed by atoms with Crippen LogP contribution in [0.5, 0.6) is 0 Å². The van der Waals surface area contributed by atoms with Crippen molar-refractivity contribution in [3.8, 4) is 22.9 Å². The molecule has 0 unspecified atom stereocenters. The molecule has 9 heteroatoms. The molecule has 0 saturated heterocycles. The van der Waals surface area contributed by atoms with Crippen LogP contribution in [0.1, 0.15) is 5.56 Å². The molecule has 4 aromatic rings. The molecule has 0 bridgehead atoms. The van der Waals surface area contributed by atoms with E-state index in [-0.39, 0.29) is 5.52 Å². The second kappa shape index (κ2) is 7.53. The average molecular weight is 421 g/mol. The maximum atomic E-state index is 13.1. The van der Waals surface area contributed by atoms with E-state index in [9.17, 15) is 13.2 Å². The summed E-state index contributed by atoms with van der Waals surface area (Å²) in [6.07, 6.45) is -2.82. The average Bonchev–Trinajstić information content (AvgIpc) is 3.30. The van der Waals surface area contributed by atoms with Crippen molar-refractivity contribution in [2.45, 2.75) is 12.7 Å². The molecule has 0 radical (unpaired) electrons. The monoisotopic (exact) mass is 420 g/mol. The summed E-state index contributed by atoms with van der Waals surface area (Å²) in [6, 6.07) is 10.7. The summed E-state index contributed by atoms with van der Waals surface area (Å²) in [6.45, 7) is 0.820. The molecule has 0 aliphatic rings. The molecule has 0 spiro atoms. The molecule has 0 aliphatic heterocycles. The Bertz CT molecular complexity index is 1150. The molecule has 0 atom stereocenters. The lowest BCUT2D eigenvalue weighted by molar-refractivity contribution is -0.137. The Morgan fingerprint density at radius 1 is 1.14 bits per heavy atom. The summed E-state index contributed by atoms with van der Waals surface area (Å²) in [5, 5.41) is 0.613. The molecule has 1 N–H and O–H groups in total. The highest BCUT2D eigenvalue weighted by atomic mass is 35.5. The number of ether oxygens (including phenoxy) is 1. The van der Waals surface area contributed by atoms with Crippen LogP contribution >= 0.6 is 11.6 Å². The highest BCUT2D eigenvalue weighted by molar-refractivity contribution is 6.30. The molecule has 29 heavy (non-hydrogen) atoms. The Morgan fingerprint density at radius 3 is 2.59 bits per heavy atom. The van der Waals surface area contributed by atoms with Crippen LogP contribution in [-0.4, -0.2) is 33.2 Å². The molecule has 0 aliphatic carbocycles. The Hall–Kier alpha value is -2.84. The minimum atomic E-state index is -4.43. The van der Waals surface area contributed by atoms with Crippen LogP contribution in [0.3, 0.4) is 0 Å². The summed E-state index contributed by atoms with van der Waals surface area (Å²) in [4.78, 5) is 12.0. The van der Waals surface area contributed by atoms with Gasteiger partial charge in [0.05, 0.1) is 29.4 Å². The molecule has 2 aromatic heterocycles. The number of hydrogen-bond acceptors (Lipinski definition) is 3. The molecular weight excluding hydrogens is 405 g/mol. The summed E-state index contributed by atoms with van der Waals surface area (Å²) >= 11 is 5.92. The van der Waals surface area contributed by atoms with Gasteiger partial charge in [0.1, 0.15) is 11.5 Å². The van der Waals surface area contributed by atoms with E-state index in [0.717, 1.165) is 17.7 Å². The van der Waals surface area contributed by atoms with Gasteiger partial charge in [-0.05, 0) is 42.5 Å². The van der Waals surface area contributed by atoms with Crippen molar-refractivity contribution in [1.29, 1.82) is 0 Å². The Balaban J connectivity index is 1.80. The molecule has 5 nitrogen and oxygen atoms in total. The molecule has 0 saturated carbocycles.